The van der Waals surface area contributed by atoms with Crippen molar-refractivity contribution >= 4 is 11.6 Å². The highest BCUT2D eigenvalue weighted by molar-refractivity contribution is 5.84. The van der Waals surface area contributed by atoms with Crippen molar-refractivity contribution in [2.75, 3.05) is 11.9 Å². The average molecular weight is 232 g/mol. The van der Waals surface area contributed by atoms with E-state index in [1.807, 2.05) is 32.9 Å². The summed E-state index contributed by atoms with van der Waals surface area (Å²) in [6, 6.07) is 5.92. The Morgan fingerprint density at radius 3 is 2.47 bits per heavy atom. The summed E-state index contributed by atoms with van der Waals surface area (Å²) in [5, 5.41) is 5.95. The van der Waals surface area contributed by atoms with E-state index >= 15 is 0 Å². The van der Waals surface area contributed by atoms with Gasteiger partial charge in [-0.2, -0.15) is 0 Å². The molecule has 0 fully saturated rings. The highest BCUT2D eigenvalue weighted by atomic mass is 16.2. The molecule has 1 aromatic rings. The largest absolute Gasteiger partial charge is 0.374 e. The molecule has 1 amide bonds. The summed E-state index contributed by atoms with van der Waals surface area (Å²) in [6.45, 7) is 9.99. The molecule has 0 aliphatic carbocycles. The fraction of sp³-hybridized carbons (Fsp3) is 0.357. The third-order valence-corrected chi connectivity index (χ3v) is 2.42. The van der Waals surface area contributed by atoms with E-state index in [4.69, 9.17) is 0 Å². The van der Waals surface area contributed by atoms with Crippen molar-refractivity contribution in [1.29, 1.82) is 0 Å². The summed E-state index contributed by atoms with van der Waals surface area (Å²) in [6.07, 6.45) is 1.67. The number of amides is 1. The van der Waals surface area contributed by atoms with Crippen LogP contribution in [0, 0.1) is 13.8 Å². The van der Waals surface area contributed by atoms with Gasteiger partial charge in [-0.25, -0.2) is 0 Å². The summed E-state index contributed by atoms with van der Waals surface area (Å²) < 4.78 is 0. The van der Waals surface area contributed by atoms with Crippen molar-refractivity contribution in [2.45, 2.75) is 26.8 Å². The molecule has 0 unspecified atom stereocenters. The number of hydrogen-bond acceptors (Lipinski definition) is 2. The topological polar surface area (TPSA) is 41.1 Å². The van der Waals surface area contributed by atoms with Gasteiger partial charge >= 0.3 is 0 Å². The second-order valence-electron chi connectivity index (χ2n) is 4.28. The number of anilines is 1. The SMILES string of the molecule is C=CCNC(=O)[C@H](C)Nc1cc(C)cc(C)c1. The van der Waals surface area contributed by atoms with Crippen LogP contribution in [0.5, 0.6) is 0 Å². The van der Waals surface area contributed by atoms with E-state index in [0.29, 0.717) is 6.54 Å². The fourth-order valence-electron chi connectivity index (χ4n) is 1.70. The Labute approximate surface area is 103 Å². The predicted molar refractivity (Wildman–Crippen MR) is 72.2 cm³/mol. The molecule has 17 heavy (non-hydrogen) atoms. The van der Waals surface area contributed by atoms with Crippen LogP contribution in [0.4, 0.5) is 5.69 Å². The molecule has 0 saturated carbocycles. The van der Waals surface area contributed by atoms with Gasteiger partial charge in [0.25, 0.3) is 0 Å². The van der Waals surface area contributed by atoms with E-state index in [9.17, 15) is 4.79 Å². The highest BCUT2D eigenvalue weighted by Crippen LogP contribution is 2.14. The molecular formula is C14H20N2O. The Morgan fingerprint density at radius 2 is 1.94 bits per heavy atom. The summed E-state index contributed by atoms with van der Waals surface area (Å²) in [5.74, 6) is -0.0240. The Balaban J connectivity index is 2.63. The van der Waals surface area contributed by atoms with Gasteiger partial charge in [-0.1, -0.05) is 12.1 Å². The molecule has 0 radical (unpaired) electrons. The lowest BCUT2D eigenvalue weighted by atomic mass is 10.1. The van der Waals surface area contributed by atoms with E-state index in [-0.39, 0.29) is 11.9 Å². The number of carbonyl (C=O) groups is 1. The molecule has 3 heteroatoms. The summed E-state index contributed by atoms with van der Waals surface area (Å²) >= 11 is 0. The molecule has 0 saturated heterocycles. The Bertz CT molecular complexity index is 392. The molecule has 3 nitrogen and oxygen atoms in total. The second kappa shape index (κ2) is 6.09. The number of carbonyl (C=O) groups excluding carboxylic acids is 1. The molecule has 1 rings (SSSR count). The van der Waals surface area contributed by atoms with Crippen molar-refractivity contribution in [3.8, 4) is 0 Å². The van der Waals surface area contributed by atoms with Crippen molar-refractivity contribution in [3.05, 3.63) is 42.0 Å². The zero-order valence-corrected chi connectivity index (χ0v) is 10.7. The lowest BCUT2D eigenvalue weighted by Gasteiger charge is -2.15. The molecule has 0 bridgehead atoms. The first-order valence-electron chi connectivity index (χ1n) is 5.76. The van der Waals surface area contributed by atoms with Gasteiger partial charge in [0.05, 0.1) is 0 Å². The maximum absolute atomic E-state index is 11.7. The van der Waals surface area contributed by atoms with Crippen molar-refractivity contribution in [2.24, 2.45) is 0 Å². The summed E-state index contributed by atoms with van der Waals surface area (Å²) in [7, 11) is 0. The highest BCUT2D eigenvalue weighted by Gasteiger charge is 2.11. The minimum absolute atomic E-state index is 0.0240. The molecule has 0 heterocycles. The first kappa shape index (κ1) is 13.3. The Hall–Kier alpha value is -1.77. The number of rotatable bonds is 5. The van der Waals surface area contributed by atoms with Crippen LogP contribution >= 0.6 is 0 Å². The maximum atomic E-state index is 11.7. The minimum atomic E-state index is -0.254. The fourth-order valence-corrected chi connectivity index (χ4v) is 1.70. The van der Waals surface area contributed by atoms with Gasteiger partial charge in [0, 0.05) is 12.2 Å². The third-order valence-electron chi connectivity index (χ3n) is 2.42. The van der Waals surface area contributed by atoms with E-state index in [0.717, 1.165) is 5.69 Å². The zero-order valence-electron chi connectivity index (χ0n) is 10.7. The molecule has 0 aliphatic rings. The third kappa shape index (κ3) is 4.31. The quantitative estimate of drug-likeness (QED) is 0.765. The summed E-state index contributed by atoms with van der Waals surface area (Å²) in [5.41, 5.74) is 3.35. The molecule has 92 valence electrons. The normalized spacial score (nSPS) is 11.7. The molecule has 0 aliphatic heterocycles. The van der Waals surface area contributed by atoms with E-state index in [2.05, 4.69) is 23.3 Å². The van der Waals surface area contributed by atoms with E-state index in [1.54, 1.807) is 6.08 Å². The van der Waals surface area contributed by atoms with Crippen LogP contribution in [-0.4, -0.2) is 18.5 Å². The van der Waals surface area contributed by atoms with Gasteiger partial charge in [-0.15, -0.1) is 6.58 Å². The number of aryl methyl sites for hydroxylation is 2. The van der Waals surface area contributed by atoms with Crippen LogP contribution in [0.2, 0.25) is 0 Å². The lowest BCUT2D eigenvalue weighted by molar-refractivity contribution is -0.121. The van der Waals surface area contributed by atoms with Crippen LogP contribution in [0.3, 0.4) is 0 Å². The van der Waals surface area contributed by atoms with Crippen LogP contribution in [0.1, 0.15) is 18.1 Å². The molecule has 0 aromatic heterocycles. The van der Waals surface area contributed by atoms with Crippen LogP contribution in [-0.2, 0) is 4.79 Å². The van der Waals surface area contributed by atoms with Crippen LogP contribution < -0.4 is 10.6 Å². The zero-order chi connectivity index (χ0) is 12.8. The van der Waals surface area contributed by atoms with Gasteiger partial charge < -0.3 is 10.6 Å². The molecule has 0 spiro atoms. The van der Waals surface area contributed by atoms with Crippen molar-refractivity contribution < 1.29 is 4.79 Å². The Kier molecular flexibility index (Phi) is 4.76. The maximum Gasteiger partial charge on any atom is 0.242 e. The standard InChI is InChI=1S/C14H20N2O/c1-5-6-15-14(17)12(4)16-13-8-10(2)7-11(3)9-13/h5,7-9,12,16H,1,6H2,2-4H3,(H,15,17)/t12-/m0/s1. The van der Waals surface area contributed by atoms with Gasteiger partial charge in [0.2, 0.25) is 5.91 Å². The molecular weight excluding hydrogens is 212 g/mol. The number of hydrogen-bond donors (Lipinski definition) is 2. The Morgan fingerprint density at radius 1 is 1.35 bits per heavy atom. The lowest BCUT2D eigenvalue weighted by Crippen LogP contribution is -2.37. The first-order valence-corrected chi connectivity index (χ1v) is 5.76. The van der Waals surface area contributed by atoms with Crippen LogP contribution in [0.25, 0.3) is 0 Å². The molecule has 1 aromatic carbocycles. The predicted octanol–water partition coefficient (Wildman–Crippen LogP) is 2.41. The van der Waals surface area contributed by atoms with E-state index < -0.39 is 0 Å². The van der Waals surface area contributed by atoms with Gasteiger partial charge in [-0.3, -0.25) is 4.79 Å². The van der Waals surface area contributed by atoms with Crippen molar-refractivity contribution in [1.82, 2.24) is 5.32 Å². The van der Waals surface area contributed by atoms with Gasteiger partial charge in [0.1, 0.15) is 6.04 Å². The van der Waals surface area contributed by atoms with E-state index in [1.165, 1.54) is 11.1 Å². The monoisotopic (exact) mass is 232 g/mol. The van der Waals surface area contributed by atoms with Gasteiger partial charge in [0.15, 0.2) is 0 Å². The van der Waals surface area contributed by atoms with Crippen LogP contribution in [0.15, 0.2) is 30.9 Å². The minimum Gasteiger partial charge on any atom is -0.374 e. The average Bonchev–Trinajstić information content (AvgIpc) is 2.24. The molecule has 2 N–H and O–H groups in total. The number of benzene rings is 1. The first-order chi connectivity index (χ1) is 8.02. The molecule has 1 atom stereocenters. The summed E-state index contributed by atoms with van der Waals surface area (Å²) in [4.78, 5) is 11.7. The second-order valence-corrected chi connectivity index (χ2v) is 4.28. The van der Waals surface area contributed by atoms with Gasteiger partial charge in [-0.05, 0) is 44.0 Å². The smallest absolute Gasteiger partial charge is 0.242 e. The van der Waals surface area contributed by atoms with Crippen molar-refractivity contribution in [3.63, 3.8) is 0 Å². The number of nitrogens with one attached hydrogen (secondary N) is 2.